The van der Waals surface area contributed by atoms with Crippen LogP contribution in [0.5, 0.6) is 0 Å². The maximum absolute atomic E-state index is 12.7. The summed E-state index contributed by atoms with van der Waals surface area (Å²) in [7, 11) is 0. The molecule has 1 fully saturated rings. The summed E-state index contributed by atoms with van der Waals surface area (Å²) in [6.07, 6.45) is -0.871. The molecule has 1 aliphatic rings. The van der Waals surface area contributed by atoms with Gasteiger partial charge in [-0.3, -0.25) is 4.57 Å². The molecule has 34 heavy (non-hydrogen) atoms. The van der Waals surface area contributed by atoms with Crippen molar-refractivity contribution in [2.75, 3.05) is 12.3 Å². The van der Waals surface area contributed by atoms with Crippen molar-refractivity contribution in [3.05, 3.63) is 92.5 Å². The number of nitrogens with two attached hydrogens (primary N) is 1. The molecule has 4 rings (SSSR count). The third-order valence-electron chi connectivity index (χ3n) is 5.14. The first-order valence-electron chi connectivity index (χ1n) is 10.2. The Labute approximate surface area is 204 Å². The third kappa shape index (κ3) is 5.56. The summed E-state index contributed by atoms with van der Waals surface area (Å²) in [5, 5.41) is 0.957. The van der Waals surface area contributed by atoms with Crippen molar-refractivity contribution in [2.45, 2.75) is 24.9 Å². The number of ether oxygens (including phenoxy) is 3. The van der Waals surface area contributed by atoms with E-state index in [1.54, 1.807) is 24.3 Å². The number of nitrogen functional groups attached to an aromatic ring is 1. The van der Waals surface area contributed by atoms with E-state index < -0.39 is 36.1 Å². The van der Waals surface area contributed by atoms with Gasteiger partial charge in [-0.25, -0.2) is 14.4 Å². The molecule has 2 heterocycles. The minimum absolute atomic E-state index is 0.0680. The summed E-state index contributed by atoms with van der Waals surface area (Å²) >= 11 is 11.7. The number of nitrogens with zero attached hydrogens (tertiary/aromatic N) is 2. The van der Waals surface area contributed by atoms with Gasteiger partial charge in [0.25, 0.3) is 0 Å². The minimum atomic E-state index is -0.832. The normalized spacial score (nSPS) is 19.5. The second-order valence-corrected chi connectivity index (χ2v) is 8.34. The molecule has 11 heteroatoms. The number of hydrogen-bond acceptors (Lipinski definition) is 8. The maximum atomic E-state index is 12.7. The fraction of sp³-hybridized carbons (Fsp3) is 0.217. The Kier molecular flexibility index (Phi) is 7.16. The molecule has 0 aliphatic carbocycles. The summed E-state index contributed by atoms with van der Waals surface area (Å²) in [6.45, 7) is -0.215. The molecule has 1 aromatic heterocycles. The van der Waals surface area contributed by atoms with Crippen LogP contribution < -0.4 is 11.4 Å². The van der Waals surface area contributed by atoms with Gasteiger partial charge < -0.3 is 19.9 Å². The molecule has 0 bridgehead atoms. The van der Waals surface area contributed by atoms with E-state index in [0.717, 1.165) is 0 Å². The lowest BCUT2D eigenvalue weighted by atomic mass is 10.1. The van der Waals surface area contributed by atoms with E-state index in [0.29, 0.717) is 15.6 Å². The lowest BCUT2D eigenvalue weighted by Gasteiger charge is -2.19. The van der Waals surface area contributed by atoms with Crippen molar-refractivity contribution in [3.63, 3.8) is 0 Å². The molecule has 3 atom stereocenters. The Morgan fingerprint density at radius 2 is 1.59 bits per heavy atom. The zero-order valence-electron chi connectivity index (χ0n) is 17.6. The van der Waals surface area contributed by atoms with E-state index in [1.807, 2.05) is 0 Å². The lowest BCUT2D eigenvalue weighted by molar-refractivity contribution is -0.0582. The van der Waals surface area contributed by atoms with Gasteiger partial charge in [-0.2, -0.15) is 4.98 Å². The Morgan fingerprint density at radius 3 is 2.18 bits per heavy atom. The van der Waals surface area contributed by atoms with Crippen LogP contribution in [0.3, 0.4) is 0 Å². The monoisotopic (exact) mass is 503 g/mol. The van der Waals surface area contributed by atoms with Crippen LogP contribution in [0.15, 0.2) is 65.6 Å². The second kappa shape index (κ2) is 10.3. The molecular formula is C23H19Cl2N3O6. The third-order valence-corrected chi connectivity index (χ3v) is 5.64. The summed E-state index contributed by atoms with van der Waals surface area (Å²) in [6, 6.07) is 13.8. The average molecular weight is 504 g/mol. The molecule has 9 nitrogen and oxygen atoms in total. The van der Waals surface area contributed by atoms with Gasteiger partial charge in [0.1, 0.15) is 30.9 Å². The van der Waals surface area contributed by atoms with Gasteiger partial charge >= 0.3 is 17.6 Å². The highest BCUT2D eigenvalue weighted by molar-refractivity contribution is 6.31. The summed E-state index contributed by atoms with van der Waals surface area (Å²) in [4.78, 5) is 41.0. The van der Waals surface area contributed by atoms with Gasteiger partial charge in [0.2, 0.25) is 0 Å². The predicted octanol–water partition coefficient (Wildman–Crippen LogP) is 3.50. The molecule has 0 radical (unpaired) electrons. The number of aromatic nitrogens is 2. The van der Waals surface area contributed by atoms with Crippen molar-refractivity contribution in [2.24, 2.45) is 0 Å². The Morgan fingerprint density at radius 1 is 1.00 bits per heavy atom. The highest BCUT2D eigenvalue weighted by atomic mass is 35.5. The predicted molar refractivity (Wildman–Crippen MR) is 124 cm³/mol. The fourth-order valence-corrected chi connectivity index (χ4v) is 3.66. The standard InChI is InChI=1S/C23H19Cl2N3O6/c24-15-5-1-13(2-6-15)21(29)32-12-18-17(34-22(30)14-3-7-16(25)8-4-14)11-20(33-18)28-10-9-19(26)27-23(28)31/h1-10,17-18,20H,11-12H2,(H2,26,27,31)/t17-,18+,20+/m0/s1. The van der Waals surface area contributed by atoms with Crippen molar-refractivity contribution >= 4 is 41.0 Å². The largest absolute Gasteiger partial charge is 0.459 e. The summed E-state index contributed by atoms with van der Waals surface area (Å²) < 4.78 is 18.2. The molecule has 176 valence electrons. The van der Waals surface area contributed by atoms with E-state index in [9.17, 15) is 14.4 Å². The number of carbonyl (C=O) groups is 2. The molecule has 2 aromatic carbocycles. The average Bonchev–Trinajstić information content (AvgIpc) is 3.20. The summed E-state index contributed by atoms with van der Waals surface area (Å²) in [5.74, 6) is -1.14. The van der Waals surface area contributed by atoms with Crippen molar-refractivity contribution in [3.8, 4) is 0 Å². The first-order chi connectivity index (χ1) is 16.3. The number of halogens is 2. The van der Waals surface area contributed by atoms with E-state index in [-0.39, 0.29) is 24.4 Å². The molecule has 1 saturated heterocycles. The van der Waals surface area contributed by atoms with Crippen LogP contribution in [0.4, 0.5) is 5.82 Å². The maximum Gasteiger partial charge on any atom is 0.351 e. The lowest BCUT2D eigenvalue weighted by Crippen LogP contribution is -2.32. The zero-order valence-corrected chi connectivity index (χ0v) is 19.1. The topological polar surface area (TPSA) is 123 Å². The number of esters is 2. The highest BCUT2D eigenvalue weighted by Crippen LogP contribution is 2.31. The van der Waals surface area contributed by atoms with E-state index >= 15 is 0 Å². The van der Waals surface area contributed by atoms with Crippen LogP contribution >= 0.6 is 23.2 Å². The Hall–Kier alpha value is -3.40. The van der Waals surface area contributed by atoms with Crippen LogP contribution in [0.2, 0.25) is 10.0 Å². The van der Waals surface area contributed by atoms with Gasteiger partial charge in [0.05, 0.1) is 11.1 Å². The minimum Gasteiger partial charge on any atom is -0.459 e. The first-order valence-corrected chi connectivity index (χ1v) is 10.9. The molecule has 1 aliphatic heterocycles. The van der Waals surface area contributed by atoms with Crippen LogP contribution in [0, 0.1) is 0 Å². The van der Waals surface area contributed by atoms with Crippen LogP contribution in [0.25, 0.3) is 0 Å². The first kappa shape index (κ1) is 23.7. The van der Waals surface area contributed by atoms with Crippen LogP contribution in [-0.2, 0) is 14.2 Å². The van der Waals surface area contributed by atoms with E-state index in [4.69, 9.17) is 43.1 Å². The van der Waals surface area contributed by atoms with E-state index in [2.05, 4.69) is 4.98 Å². The SMILES string of the molecule is Nc1ccn([C@H]2C[C@H](OC(=O)c3ccc(Cl)cc3)[C@@H](COC(=O)c3ccc(Cl)cc3)O2)c(=O)n1. The number of carbonyl (C=O) groups excluding carboxylic acids is 2. The molecule has 0 unspecified atom stereocenters. The number of rotatable bonds is 6. The molecular weight excluding hydrogens is 485 g/mol. The quantitative estimate of drug-likeness (QED) is 0.506. The van der Waals surface area contributed by atoms with Gasteiger partial charge in [-0.1, -0.05) is 23.2 Å². The van der Waals surface area contributed by atoms with E-state index in [1.165, 1.54) is 41.1 Å². The van der Waals surface area contributed by atoms with Crippen molar-refractivity contribution in [1.82, 2.24) is 9.55 Å². The molecule has 3 aromatic rings. The van der Waals surface area contributed by atoms with Crippen molar-refractivity contribution < 1.29 is 23.8 Å². The van der Waals surface area contributed by atoms with Gasteiger partial charge in [-0.05, 0) is 54.6 Å². The number of hydrogen-bond donors (Lipinski definition) is 1. The van der Waals surface area contributed by atoms with Crippen LogP contribution in [0.1, 0.15) is 33.4 Å². The van der Waals surface area contributed by atoms with Gasteiger partial charge in [0, 0.05) is 22.7 Å². The fourth-order valence-electron chi connectivity index (χ4n) is 3.41. The smallest absolute Gasteiger partial charge is 0.351 e. The second-order valence-electron chi connectivity index (χ2n) is 7.46. The Balaban J connectivity index is 1.50. The molecule has 0 spiro atoms. The van der Waals surface area contributed by atoms with Gasteiger partial charge in [-0.15, -0.1) is 0 Å². The summed E-state index contributed by atoms with van der Waals surface area (Å²) in [5.41, 5.74) is 5.53. The highest BCUT2D eigenvalue weighted by Gasteiger charge is 2.40. The number of benzene rings is 2. The van der Waals surface area contributed by atoms with Crippen molar-refractivity contribution in [1.29, 1.82) is 0 Å². The molecule has 0 saturated carbocycles. The number of anilines is 1. The zero-order chi connectivity index (χ0) is 24.2. The Bertz CT molecular complexity index is 1250. The molecule has 2 N–H and O–H groups in total. The van der Waals surface area contributed by atoms with Crippen LogP contribution in [-0.4, -0.2) is 40.3 Å². The molecule has 0 amide bonds. The van der Waals surface area contributed by atoms with Gasteiger partial charge in [0.15, 0.2) is 0 Å².